The van der Waals surface area contributed by atoms with E-state index in [2.05, 4.69) is 40.6 Å². The van der Waals surface area contributed by atoms with E-state index in [0.717, 1.165) is 19.0 Å². The van der Waals surface area contributed by atoms with Crippen molar-refractivity contribution in [2.24, 2.45) is 5.92 Å². The molecular weight excluding hydrogens is 222 g/mol. The predicted octanol–water partition coefficient (Wildman–Crippen LogP) is 1.65. The molecule has 0 radical (unpaired) electrons. The van der Waals surface area contributed by atoms with Crippen LogP contribution in [0.4, 0.5) is 0 Å². The van der Waals surface area contributed by atoms with Crippen LogP contribution in [-0.2, 0) is 5.41 Å². The van der Waals surface area contributed by atoms with E-state index < -0.39 is 0 Å². The SMILES string of the molecule is CN1CCC(C2(c3cccnc3)CCNC2)CC1. The molecule has 0 amide bonds. The van der Waals surface area contributed by atoms with Gasteiger partial charge in [0.2, 0.25) is 0 Å². The molecule has 3 heteroatoms. The van der Waals surface area contributed by atoms with Gasteiger partial charge in [-0.1, -0.05) is 6.07 Å². The van der Waals surface area contributed by atoms with Gasteiger partial charge in [0.1, 0.15) is 0 Å². The van der Waals surface area contributed by atoms with Crippen molar-refractivity contribution in [3.05, 3.63) is 30.1 Å². The molecule has 2 aliphatic rings. The first kappa shape index (κ1) is 12.1. The van der Waals surface area contributed by atoms with Crippen LogP contribution in [0.5, 0.6) is 0 Å². The van der Waals surface area contributed by atoms with Gasteiger partial charge in [-0.2, -0.15) is 0 Å². The molecule has 1 aromatic heterocycles. The third-order valence-electron chi connectivity index (χ3n) is 4.92. The van der Waals surface area contributed by atoms with E-state index in [1.54, 1.807) is 0 Å². The summed E-state index contributed by atoms with van der Waals surface area (Å²) in [6.45, 7) is 4.77. The van der Waals surface area contributed by atoms with Crippen LogP contribution in [-0.4, -0.2) is 43.1 Å². The van der Waals surface area contributed by atoms with Gasteiger partial charge >= 0.3 is 0 Å². The Bertz CT molecular complexity index is 376. The first-order chi connectivity index (χ1) is 8.81. The number of pyridine rings is 1. The first-order valence-electron chi connectivity index (χ1n) is 7.11. The van der Waals surface area contributed by atoms with Crippen molar-refractivity contribution >= 4 is 0 Å². The molecule has 3 heterocycles. The summed E-state index contributed by atoms with van der Waals surface area (Å²) in [7, 11) is 2.24. The summed E-state index contributed by atoms with van der Waals surface area (Å²) in [5, 5.41) is 3.58. The second kappa shape index (κ2) is 4.98. The number of nitrogens with one attached hydrogen (secondary N) is 1. The van der Waals surface area contributed by atoms with E-state index in [9.17, 15) is 0 Å². The number of aromatic nitrogens is 1. The molecule has 0 saturated carbocycles. The van der Waals surface area contributed by atoms with Gasteiger partial charge in [0, 0.05) is 24.4 Å². The van der Waals surface area contributed by atoms with Gasteiger partial charge in [0.15, 0.2) is 0 Å². The maximum Gasteiger partial charge on any atom is 0.0306 e. The molecule has 0 aromatic carbocycles. The van der Waals surface area contributed by atoms with Crippen molar-refractivity contribution in [1.82, 2.24) is 15.2 Å². The molecule has 3 nitrogen and oxygen atoms in total. The molecule has 18 heavy (non-hydrogen) atoms. The number of piperidine rings is 1. The summed E-state index contributed by atoms with van der Waals surface area (Å²) >= 11 is 0. The van der Waals surface area contributed by atoms with Crippen LogP contribution in [0.25, 0.3) is 0 Å². The second-order valence-corrected chi connectivity index (χ2v) is 5.90. The van der Waals surface area contributed by atoms with Crippen LogP contribution in [0.2, 0.25) is 0 Å². The van der Waals surface area contributed by atoms with Gasteiger partial charge in [-0.05, 0) is 63.5 Å². The van der Waals surface area contributed by atoms with Crippen LogP contribution < -0.4 is 5.32 Å². The van der Waals surface area contributed by atoms with Gasteiger partial charge in [-0.25, -0.2) is 0 Å². The topological polar surface area (TPSA) is 28.2 Å². The Morgan fingerprint density at radius 1 is 1.39 bits per heavy atom. The predicted molar refractivity (Wildman–Crippen MR) is 73.6 cm³/mol. The maximum atomic E-state index is 4.35. The number of likely N-dealkylation sites (tertiary alicyclic amines) is 1. The molecule has 0 spiro atoms. The molecule has 0 aliphatic carbocycles. The van der Waals surface area contributed by atoms with Crippen molar-refractivity contribution in [3.8, 4) is 0 Å². The van der Waals surface area contributed by atoms with Gasteiger partial charge in [-0.3, -0.25) is 4.98 Å². The fraction of sp³-hybridized carbons (Fsp3) is 0.667. The standard InChI is InChI=1S/C15H23N3/c1-18-9-4-13(5-10-18)15(6-8-17-12-15)14-3-2-7-16-11-14/h2-3,7,11,13,17H,4-6,8-10,12H2,1H3. The van der Waals surface area contributed by atoms with Crippen LogP contribution in [0.3, 0.4) is 0 Å². The zero-order valence-corrected chi connectivity index (χ0v) is 11.2. The molecular formula is C15H23N3. The van der Waals surface area contributed by atoms with E-state index in [1.165, 1.54) is 37.9 Å². The minimum absolute atomic E-state index is 0.343. The van der Waals surface area contributed by atoms with Crippen LogP contribution >= 0.6 is 0 Å². The molecule has 1 unspecified atom stereocenters. The zero-order chi connectivity index (χ0) is 12.4. The van der Waals surface area contributed by atoms with E-state index in [1.807, 2.05) is 6.20 Å². The highest BCUT2D eigenvalue weighted by atomic mass is 15.1. The second-order valence-electron chi connectivity index (χ2n) is 5.90. The van der Waals surface area contributed by atoms with Crippen molar-refractivity contribution in [3.63, 3.8) is 0 Å². The molecule has 2 fully saturated rings. The molecule has 1 aromatic rings. The van der Waals surface area contributed by atoms with Gasteiger partial charge in [0.05, 0.1) is 0 Å². The Morgan fingerprint density at radius 2 is 2.22 bits per heavy atom. The van der Waals surface area contributed by atoms with Gasteiger partial charge in [0.25, 0.3) is 0 Å². The van der Waals surface area contributed by atoms with Gasteiger partial charge in [-0.15, -0.1) is 0 Å². The van der Waals surface area contributed by atoms with Crippen molar-refractivity contribution < 1.29 is 0 Å². The minimum Gasteiger partial charge on any atom is -0.316 e. The Hall–Kier alpha value is -0.930. The van der Waals surface area contributed by atoms with E-state index in [-0.39, 0.29) is 0 Å². The Kier molecular flexibility index (Phi) is 3.35. The highest BCUT2D eigenvalue weighted by Gasteiger charge is 2.43. The molecule has 2 saturated heterocycles. The summed E-state index contributed by atoms with van der Waals surface area (Å²) in [6, 6.07) is 4.36. The Morgan fingerprint density at radius 3 is 2.83 bits per heavy atom. The fourth-order valence-corrected chi connectivity index (χ4v) is 3.76. The normalized spacial score (nSPS) is 30.7. The summed E-state index contributed by atoms with van der Waals surface area (Å²) in [4.78, 5) is 6.80. The summed E-state index contributed by atoms with van der Waals surface area (Å²) < 4.78 is 0. The Labute approximate surface area is 110 Å². The zero-order valence-electron chi connectivity index (χ0n) is 11.2. The molecule has 0 bridgehead atoms. The first-order valence-corrected chi connectivity index (χ1v) is 7.11. The largest absolute Gasteiger partial charge is 0.316 e. The number of hydrogen-bond acceptors (Lipinski definition) is 3. The molecule has 3 rings (SSSR count). The van der Waals surface area contributed by atoms with Crippen LogP contribution in [0, 0.1) is 5.92 Å². The number of hydrogen-bond donors (Lipinski definition) is 1. The quantitative estimate of drug-likeness (QED) is 0.859. The summed E-state index contributed by atoms with van der Waals surface area (Å²) in [5.41, 5.74) is 1.79. The molecule has 2 aliphatic heterocycles. The third-order valence-corrected chi connectivity index (χ3v) is 4.92. The van der Waals surface area contributed by atoms with Crippen molar-refractivity contribution in [2.45, 2.75) is 24.7 Å². The smallest absolute Gasteiger partial charge is 0.0306 e. The van der Waals surface area contributed by atoms with Crippen molar-refractivity contribution in [2.75, 3.05) is 33.2 Å². The number of rotatable bonds is 2. The fourth-order valence-electron chi connectivity index (χ4n) is 3.76. The lowest BCUT2D eigenvalue weighted by molar-refractivity contribution is 0.153. The average molecular weight is 245 g/mol. The third kappa shape index (κ3) is 2.06. The molecule has 1 atom stereocenters. The van der Waals surface area contributed by atoms with E-state index >= 15 is 0 Å². The van der Waals surface area contributed by atoms with Gasteiger partial charge < -0.3 is 10.2 Å². The summed E-state index contributed by atoms with van der Waals surface area (Å²) in [6.07, 6.45) is 7.90. The molecule has 1 N–H and O–H groups in total. The van der Waals surface area contributed by atoms with Crippen molar-refractivity contribution in [1.29, 1.82) is 0 Å². The lowest BCUT2D eigenvalue weighted by Gasteiger charge is -2.41. The van der Waals surface area contributed by atoms with E-state index in [4.69, 9.17) is 0 Å². The summed E-state index contributed by atoms with van der Waals surface area (Å²) in [5.74, 6) is 0.813. The Balaban J connectivity index is 1.87. The highest BCUT2D eigenvalue weighted by Crippen LogP contribution is 2.42. The lowest BCUT2D eigenvalue weighted by atomic mass is 9.66. The number of nitrogens with zero attached hydrogens (tertiary/aromatic N) is 2. The monoisotopic (exact) mass is 245 g/mol. The maximum absolute atomic E-state index is 4.35. The highest BCUT2D eigenvalue weighted by molar-refractivity contribution is 5.26. The lowest BCUT2D eigenvalue weighted by Crippen LogP contribution is -2.43. The molecule has 98 valence electrons. The van der Waals surface area contributed by atoms with Crippen LogP contribution in [0.15, 0.2) is 24.5 Å². The average Bonchev–Trinajstić information content (AvgIpc) is 2.91. The minimum atomic E-state index is 0.343. The van der Waals surface area contributed by atoms with Crippen LogP contribution in [0.1, 0.15) is 24.8 Å². The van der Waals surface area contributed by atoms with E-state index in [0.29, 0.717) is 5.41 Å².